The van der Waals surface area contributed by atoms with Crippen molar-refractivity contribution in [3.8, 4) is 0 Å². The Labute approximate surface area is 104 Å². The van der Waals surface area contributed by atoms with E-state index >= 15 is 0 Å². The lowest BCUT2D eigenvalue weighted by Crippen LogP contribution is -2.32. The minimum absolute atomic E-state index is 0.692. The second-order valence-electron chi connectivity index (χ2n) is 4.93. The molecule has 1 unspecified atom stereocenters. The maximum Gasteiger partial charge on any atom is 0.126 e. The fraction of sp³-hybridized carbons (Fsp3) is 0.643. The van der Waals surface area contributed by atoms with Crippen molar-refractivity contribution in [2.24, 2.45) is 0 Å². The van der Waals surface area contributed by atoms with E-state index < -0.39 is 0 Å². The summed E-state index contributed by atoms with van der Waals surface area (Å²) in [5.74, 6) is 0.963. The lowest BCUT2D eigenvalue weighted by atomic mass is 10.1. The molecule has 1 atom stereocenters. The summed E-state index contributed by atoms with van der Waals surface area (Å²) in [6.45, 7) is 4.54. The highest BCUT2D eigenvalue weighted by Gasteiger charge is 2.17. The first-order valence-corrected chi connectivity index (χ1v) is 6.67. The molecule has 0 aliphatic carbocycles. The minimum atomic E-state index is 0.692. The van der Waals surface area contributed by atoms with Crippen molar-refractivity contribution in [3.63, 3.8) is 0 Å². The van der Waals surface area contributed by atoms with E-state index in [-0.39, 0.29) is 0 Å². The Morgan fingerprint density at radius 2 is 2.24 bits per heavy atom. The average Bonchev–Trinajstić information content (AvgIpc) is 2.55. The number of aromatic nitrogens is 1. The smallest absolute Gasteiger partial charge is 0.126 e. The average molecular weight is 233 g/mol. The van der Waals surface area contributed by atoms with Crippen LogP contribution in [0, 0.1) is 0 Å². The molecule has 3 heteroatoms. The standard InChI is InChI=1S/C14H23N3/c1-12-7-4-3-5-10-17(12)11-13-8-6-9-14(15-2)16-13/h6,8-9,12H,3-5,7,10-11H2,1-2H3,(H,15,16). The molecule has 1 fully saturated rings. The molecule has 0 spiro atoms. The molecule has 1 aromatic rings. The summed E-state index contributed by atoms with van der Waals surface area (Å²) in [6.07, 6.45) is 5.41. The summed E-state index contributed by atoms with van der Waals surface area (Å²) < 4.78 is 0. The van der Waals surface area contributed by atoms with E-state index in [0.717, 1.165) is 12.4 Å². The first-order chi connectivity index (χ1) is 8.29. The third-order valence-electron chi connectivity index (χ3n) is 3.62. The van der Waals surface area contributed by atoms with Crippen molar-refractivity contribution in [1.29, 1.82) is 0 Å². The van der Waals surface area contributed by atoms with Gasteiger partial charge < -0.3 is 5.32 Å². The number of nitrogens with one attached hydrogen (secondary N) is 1. The molecule has 0 aromatic carbocycles. The van der Waals surface area contributed by atoms with Crippen molar-refractivity contribution in [2.75, 3.05) is 18.9 Å². The first-order valence-electron chi connectivity index (χ1n) is 6.67. The lowest BCUT2D eigenvalue weighted by molar-refractivity contribution is 0.202. The zero-order valence-electron chi connectivity index (χ0n) is 10.9. The monoisotopic (exact) mass is 233 g/mol. The van der Waals surface area contributed by atoms with Gasteiger partial charge in [0.25, 0.3) is 0 Å². The molecule has 0 bridgehead atoms. The molecular weight excluding hydrogens is 210 g/mol. The van der Waals surface area contributed by atoms with Gasteiger partial charge in [0.1, 0.15) is 5.82 Å². The zero-order chi connectivity index (χ0) is 12.1. The molecule has 1 saturated heterocycles. The maximum atomic E-state index is 4.60. The van der Waals surface area contributed by atoms with Crippen LogP contribution in [0.4, 0.5) is 5.82 Å². The number of likely N-dealkylation sites (tertiary alicyclic amines) is 1. The van der Waals surface area contributed by atoms with E-state index in [1.807, 2.05) is 13.1 Å². The third-order valence-corrected chi connectivity index (χ3v) is 3.62. The largest absolute Gasteiger partial charge is 0.373 e. The number of nitrogens with zero attached hydrogens (tertiary/aromatic N) is 2. The van der Waals surface area contributed by atoms with Crippen molar-refractivity contribution in [1.82, 2.24) is 9.88 Å². The van der Waals surface area contributed by atoms with E-state index in [4.69, 9.17) is 0 Å². The third kappa shape index (κ3) is 3.43. The molecule has 0 amide bonds. The van der Waals surface area contributed by atoms with Gasteiger partial charge in [-0.15, -0.1) is 0 Å². The minimum Gasteiger partial charge on any atom is -0.373 e. The molecule has 1 aromatic heterocycles. The highest BCUT2D eigenvalue weighted by atomic mass is 15.2. The summed E-state index contributed by atoms with van der Waals surface area (Å²) in [7, 11) is 1.92. The van der Waals surface area contributed by atoms with E-state index in [2.05, 4.69) is 34.3 Å². The molecule has 0 radical (unpaired) electrons. The van der Waals surface area contributed by atoms with Gasteiger partial charge >= 0.3 is 0 Å². The summed E-state index contributed by atoms with van der Waals surface area (Å²) in [5, 5.41) is 3.10. The fourth-order valence-electron chi connectivity index (χ4n) is 2.48. The number of hydrogen-bond acceptors (Lipinski definition) is 3. The Hall–Kier alpha value is -1.09. The Morgan fingerprint density at radius 3 is 3.06 bits per heavy atom. The van der Waals surface area contributed by atoms with E-state index in [9.17, 15) is 0 Å². The van der Waals surface area contributed by atoms with Gasteiger partial charge in [-0.2, -0.15) is 0 Å². The van der Waals surface area contributed by atoms with Gasteiger partial charge in [0.2, 0.25) is 0 Å². The quantitative estimate of drug-likeness (QED) is 0.870. The molecular formula is C14H23N3. The number of pyridine rings is 1. The van der Waals surface area contributed by atoms with E-state index in [1.54, 1.807) is 0 Å². The van der Waals surface area contributed by atoms with Gasteiger partial charge in [-0.3, -0.25) is 4.90 Å². The van der Waals surface area contributed by atoms with Crippen LogP contribution in [-0.4, -0.2) is 29.5 Å². The van der Waals surface area contributed by atoms with Crippen LogP contribution < -0.4 is 5.32 Å². The van der Waals surface area contributed by atoms with Gasteiger partial charge in [-0.05, 0) is 38.4 Å². The van der Waals surface area contributed by atoms with E-state index in [1.165, 1.54) is 37.9 Å². The second kappa shape index (κ2) is 6.01. The van der Waals surface area contributed by atoms with Crippen LogP contribution in [0.5, 0.6) is 0 Å². The van der Waals surface area contributed by atoms with Crippen LogP contribution >= 0.6 is 0 Å². The van der Waals surface area contributed by atoms with E-state index in [0.29, 0.717) is 6.04 Å². The highest BCUT2D eigenvalue weighted by Crippen LogP contribution is 2.18. The van der Waals surface area contributed by atoms with Crippen LogP contribution in [-0.2, 0) is 6.54 Å². The highest BCUT2D eigenvalue weighted by molar-refractivity contribution is 5.34. The van der Waals surface area contributed by atoms with Crippen LogP contribution in [0.2, 0.25) is 0 Å². The van der Waals surface area contributed by atoms with Crippen LogP contribution in [0.25, 0.3) is 0 Å². The van der Waals surface area contributed by atoms with Crippen molar-refractivity contribution in [2.45, 2.75) is 45.2 Å². The Morgan fingerprint density at radius 1 is 1.35 bits per heavy atom. The summed E-state index contributed by atoms with van der Waals surface area (Å²) >= 11 is 0. The second-order valence-corrected chi connectivity index (χ2v) is 4.93. The first kappa shape index (κ1) is 12.4. The maximum absolute atomic E-state index is 4.60. The summed E-state index contributed by atoms with van der Waals surface area (Å²) in [6, 6.07) is 6.90. The molecule has 1 N–H and O–H groups in total. The predicted octanol–water partition coefficient (Wildman–Crippen LogP) is 2.89. The molecule has 1 aliphatic heterocycles. The summed E-state index contributed by atoms with van der Waals surface area (Å²) in [4.78, 5) is 7.16. The molecule has 2 rings (SSSR count). The number of rotatable bonds is 3. The SMILES string of the molecule is CNc1cccc(CN2CCCCCC2C)n1. The van der Waals surface area contributed by atoms with Crippen LogP contribution in [0.3, 0.4) is 0 Å². The Bertz CT molecular complexity index is 351. The molecule has 3 nitrogen and oxygen atoms in total. The molecule has 2 heterocycles. The van der Waals surface area contributed by atoms with Gasteiger partial charge in [-0.25, -0.2) is 4.98 Å². The molecule has 94 valence electrons. The molecule has 17 heavy (non-hydrogen) atoms. The summed E-state index contributed by atoms with van der Waals surface area (Å²) in [5.41, 5.74) is 1.17. The van der Waals surface area contributed by atoms with Crippen LogP contribution in [0.15, 0.2) is 18.2 Å². The number of hydrogen-bond donors (Lipinski definition) is 1. The van der Waals surface area contributed by atoms with Gasteiger partial charge in [0, 0.05) is 19.6 Å². The van der Waals surface area contributed by atoms with Crippen molar-refractivity contribution >= 4 is 5.82 Å². The Kier molecular flexibility index (Phi) is 4.37. The van der Waals surface area contributed by atoms with Gasteiger partial charge in [0.05, 0.1) is 5.69 Å². The van der Waals surface area contributed by atoms with Gasteiger partial charge in [-0.1, -0.05) is 18.9 Å². The number of anilines is 1. The zero-order valence-corrected chi connectivity index (χ0v) is 10.9. The molecule has 0 saturated carbocycles. The van der Waals surface area contributed by atoms with Gasteiger partial charge in [0.15, 0.2) is 0 Å². The van der Waals surface area contributed by atoms with Crippen LogP contribution in [0.1, 0.15) is 38.3 Å². The normalized spacial score (nSPS) is 22.1. The Balaban J connectivity index is 2.02. The fourth-order valence-corrected chi connectivity index (χ4v) is 2.48. The molecule has 1 aliphatic rings. The predicted molar refractivity (Wildman–Crippen MR) is 72.1 cm³/mol. The van der Waals surface area contributed by atoms with Crippen molar-refractivity contribution in [3.05, 3.63) is 23.9 Å². The lowest BCUT2D eigenvalue weighted by Gasteiger charge is -2.26. The topological polar surface area (TPSA) is 28.2 Å². The van der Waals surface area contributed by atoms with Crippen molar-refractivity contribution < 1.29 is 0 Å².